The van der Waals surface area contributed by atoms with E-state index in [4.69, 9.17) is 15.2 Å². The van der Waals surface area contributed by atoms with Crippen LogP contribution in [0, 0.1) is 5.82 Å². The zero-order valence-corrected chi connectivity index (χ0v) is 18.1. The van der Waals surface area contributed by atoms with Crippen molar-refractivity contribution in [2.45, 2.75) is 19.1 Å². The largest absolute Gasteiger partial charge is 0.573 e. The topological polar surface area (TPSA) is 95.7 Å². The van der Waals surface area contributed by atoms with E-state index in [1.54, 1.807) is 0 Å². The maximum Gasteiger partial charge on any atom is 0.573 e. The first-order valence-electron chi connectivity index (χ1n) is 9.80. The van der Waals surface area contributed by atoms with Gasteiger partial charge in [-0.1, -0.05) is 0 Å². The summed E-state index contributed by atoms with van der Waals surface area (Å²) in [6.45, 7) is -0.0101. The van der Waals surface area contributed by atoms with Crippen molar-refractivity contribution in [1.29, 1.82) is 0 Å². The molecule has 1 heterocycles. The summed E-state index contributed by atoms with van der Waals surface area (Å²) < 4.78 is 107. The van der Waals surface area contributed by atoms with Gasteiger partial charge in [0.05, 0.1) is 18.4 Å². The maximum absolute atomic E-state index is 15.0. The molecule has 0 aliphatic heterocycles. The molecule has 0 aliphatic rings. The summed E-state index contributed by atoms with van der Waals surface area (Å²) in [4.78, 5) is 16.8. The molecule has 0 fully saturated rings. The number of aromatic nitrogens is 1. The van der Waals surface area contributed by atoms with Crippen molar-refractivity contribution >= 4 is 11.6 Å². The van der Waals surface area contributed by atoms with Crippen LogP contribution in [0.5, 0.6) is 23.0 Å². The predicted octanol–water partition coefficient (Wildman–Crippen LogP) is 5.65. The van der Waals surface area contributed by atoms with Crippen molar-refractivity contribution in [3.8, 4) is 23.0 Å². The lowest BCUT2D eigenvalue weighted by Gasteiger charge is -2.18. The van der Waals surface area contributed by atoms with Crippen LogP contribution in [-0.4, -0.2) is 24.4 Å². The van der Waals surface area contributed by atoms with Crippen molar-refractivity contribution in [3.63, 3.8) is 0 Å². The lowest BCUT2D eigenvalue weighted by atomic mass is 10.1. The van der Waals surface area contributed by atoms with Gasteiger partial charge in [0.15, 0.2) is 17.3 Å². The van der Waals surface area contributed by atoms with Gasteiger partial charge in [0, 0.05) is 24.5 Å². The van der Waals surface area contributed by atoms with E-state index in [9.17, 15) is 35.5 Å². The number of carbonyl (C=O) groups is 1. The number of ether oxygens (including phenoxy) is 3. The number of methoxy groups -OCH3 is 1. The Kier molecular flexibility index (Phi) is 7.57. The van der Waals surface area contributed by atoms with Gasteiger partial charge in [-0.2, -0.15) is 13.2 Å². The molecule has 192 valence electrons. The van der Waals surface area contributed by atoms with Crippen LogP contribution in [0.1, 0.15) is 21.6 Å². The van der Waals surface area contributed by atoms with E-state index < -0.39 is 46.9 Å². The van der Waals surface area contributed by atoms with Crippen LogP contribution in [0.15, 0.2) is 48.7 Å². The van der Waals surface area contributed by atoms with E-state index in [1.165, 1.54) is 18.3 Å². The molecule has 0 radical (unpaired) electrons. The van der Waals surface area contributed by atoms with E-state index in [1.807, 2.05) is 0 Å². The number of carbonyl (C=O) groups excluding carboxylic acids is 1. The number of hydrogen-bond acceptors (Lipinski definition) is 6. The van der Waals surface area contributed by atoms with Crippen LogP contribution in [0.2, 0.25) is 0 Å². The molecule has 0 saturated heterocycles. The van der Waals surface area contributed by atoms with Crippen molar-refractivity contribution < 1.29 is 49.7 Å². The molecule has 0 saturated carbocycles. The van der Waals surface area contributed by atoms with Crippen molar-refractivity contribution in [3.05, 3.63) is 71.3 Å². The normalized spacial score (nSPS) is 11.7. The monoisotopic (exact) mass is 519 g/mol. The number of benzene rings is 2. The molecule has 0 atom stereocenters. The second-order valence-electron chi connectivity index (χ2n) is 6.95. The molecular weight excluding hydrogens is 503 g/mol. The molecule has 36 heavy (non-hydrogen) atoms. The molecule has 0 bridgehead atoms. The first-order valence-corrected chi connectivity index (χ1v) is 9.80. The van der Waals surface area contributed by atoms with Gasteiger partial charge in [-0.05, 0) is 36.4 Å². The Morgan fingerprint density at radius 2 is 1.69 bits per heavy atom. The number of nitrogens with zero attached hydrogens (tertiary/aromatic N) is 1. The molecule has 3 rings (SSSR count). The van der Waals surface area contributed by atoms with Crippen molar-refractivity contribution in [2.75, 3.05) is 12.4 Å². The van der Waals surface area contributed by atoms with Crippen LogP contribution in [0.4, 0.5) is 36.4 Å². The Labute approximate surface area is 198 Å². The number of hydrogen-bond donors (Lipinski definition) is 2. The molecule has 3 N–H and O–H groups in total. The Balaban J connectivity index is 2.04. The number of alkyl halides is 6. The molecule has 0 aliphatic carbocycles. The third-order valence-electron chi connectivity index (χ3n) is 4.51. The third-order valence-corrected chi connectivity index (χ3v) is 4.51. The summed E-state index contributed by atoms with van der Waals surface area (Å²) >= 11 is 0. The van der Waals surface area contributed by atoms with Gasteiger partial charge >= 0.3 is 12.5 Å². The zero-order valence-electron chi connectivity index (χ0n) is 18.1. The van der Waals surface area contributed by atoms with Gasteiger partial charge in [0.25, 0.3) is 5.91 Å². The second-order valence-corrected chi connectivity index (χ2v) is 6.95. The van der Waals surface area contributed by atoms with E-state index >= 15 is 0 Å². The van der Waals surface area contributed by atoms with Crippen LogP contribution in [-0.2, 0) is 12.7 Å². The fraction of sp³-hybridized carbons (Fsp3) is 0.182. The van der Waals surface area contributed by atoms with Gasteiger partial charge in [-0.15, -0.1) is 13.2 Å². The molecule has 7 nitrogen and oxygen atoms in total. The highest BCUT2D eigenvalue weighted by molar-refractivity contribution is 6.06. The van der Waals surface area contributed by atoms with Crippen LogP contribution >= 0.6 is 0 Å². The highest BCUT2D eigenvalue weighted by Crippen LogP contribution is 2.40. The molecule has 1 amide bonds. The molecule has 0 spiro atoms. The van der Waals surface area contributed by atoms with Crippen LogP contribution in [0.25, 0.3) is 0 Å². The Bertz CT molecular complexity index is 1260. The second kappa shape index (κ2) is 10.3. The maximum atomic E-state index is 15.0. The summed E-state index contributed by atoms with van der Waals surface area (Å²) in [6.07, 6.45) is -8.88. The average Bonchev–Trinajstić information content (AvgIpc) is 2.78. The Hall–Kier alpha value is -4.07. The molecular formula is C22H16F7N3O4. The first-order chi connectivity index (χ1) is 16.8. The summed E-state index contributed by atoms with van der Waals surface area (Å²) in [5, 5.41) is 2.24. The summed E-state index contributed by atoms with van der Waals surface area (Å²) in [5.41, 5.74) is 3.01. The van der Waals surface area contributed by atoms with Crippen molar-refractivity contribution in [1.82, 2.24) is 4.98 Å². The quantitative estimate of drug-likeness (QED) is 0.392. The number of anilines is 1. The molecule has 3 aromatic rings. The standard InChI is InChI=1S/C22H16F7N3O4/c1-34-17-9-13(36-22(27,28)29)2-4-15(17)35-16-5-3-14(21(24,25)26)19(23)18(16)20(33)32-11-6-7-31-12(8-11)10-30/h2-9H,10,30H2,1H3,(H,31,32,33). The van der Waals surface area contributed by atoms with E-state index in [0.717, 1.165) is 25.3 Å². The number of pyridine rings is 1. The van der Waals surface area contributed by atoms with Gasteiger partial charge in [0.2, 0.25) is 0 Å². The van der Waals surface area contributed by atoms with Gasteiger partial charge in [-0.25, -0.2) is 4.39 Å². The minimum absolute atomic E-state index is 0.0101. The predicted molar refractivity (Wildman–Crippen MR) is 111 cm³/mol. The minimum Gasteiger partial charge on any atom is -0.493 e. The number of amides is 1. The van der Waals surface area contributed by atoms with E-state index in [0.29, 0.717) is 17.8 Å². The van der Waals surface area contributed by atoms with Crippen LogP contribution < -0.4 is 25.3 Å². The Morgan fingerprint density at radius 3 is 2.31 bits per heavy atom. The van der Waals surface area contributed by atoms with Crippen molar-refractivity contribution in [2.24, 2.45) is 5.73 Å². The van der Waals surface area contributed by atoms with E-state index in [-0.39, 0.29) is 23.7 Å². The third kappa shape index (κ3) is 6.33. The van der Waals surface area contributed by atoms with Gasteiger partial charge in [0.1, 0.15) is 17.1 Å². The number of rotatable bonds is 7. The number of nitrogens with two attached hydrogens (primary N) is 1. The summed E-state index contributed by atoms with van der Waals surface area (Å²) in [7, 11) is 1.07. The van der Waals surface area contributed by atoms with Gasteiger partial charge < -0.3 is 25.3 Å². The van der Waals surface area contributed by atoms with E-state index in [2.05, 4.69) is 15.0 Å². The molecule has 2 aromatic carbocycles. The highest BCUT2D eigenvalue weighted by atomic mass is 19.4. The summed E-state index contributed by atoms with van der Waals surface area (Å²) in [6, 6.07) is 6.23. The highest BCUT2D eigenvalue weighted by Gasteiger charge is 2.37. The fourth-order valence-electron chi connectivity index (χ4n) is 2.98. The molecule has 0 unspecified atom stereocenters. The number of nitrogens with one attached hydrogen (secondary N) is 1. The van der Waals surface area contributed by atoms with Gasteiger partial charge in [-0.3, -0.25) is 9.78 Å². The molecule has 14 heteroatoms. The average molecular weight is 519 g/mol. The zero-order chi connectivity index (χ0) is 26.7. The minimum atomic E-state index is -5.14. The first kappa shape index (κ1) is 26.5. The lowest BCUT2D eigenvalue weighted by Crippen LogP contribution is -2.19. The summed E-state index contributed by atoms with van der Waals surface area (Å²) in [5.74, 6) is -5.27. The lowest BCUT2D eigenvalue weighted by molar-refractivity contribution is -0.274. The van der Waals surface area contributed by atoms with Crippen LogP contribution in [0.3, 0.4) is 0 Å². The smallest absolute Gasteiger partial charge is 0.493 e. The SMILES string of the molecule is COc1cc(OC(F)(F)F)ccc1Oc1ccc(C(F)(F)F)c(F)c1C(=O)Nc1ccnc(CN)c1. The Morgan fingerprint density at radius 1 is 1.00 bits per heavy atom. The fourth-order valence-corrected chi connectivity index (χ4v) is 2.98. The number of halogens is 7. The molecule has 1 aromatic heterocycles.